The second-order valence-electron chi connectivity index (χ2n) is 5.58. The lowest BCUT2D eigenvalue weighted by molar-refractivity contribution is 0.156. The highest BCUT2D eigenvalue weighted by molar-refractivity contribution is 5.74. The zero-order chi connectivity index (χ0) is 14.3. The Labute approximate surface area is 117 Å². The third-order valence-electron chi connectivity index (χ3n) is 4.32. The van der Waals surface area contributed by atoms with Crippen molar-refractivity contribution >= 4 is 6.03 Å². The van der Waals surface area contributed by atoms with Gasteiger partial charge in [-0.1, -0.05) is 6.07 Å². The van der Waals surface area contributed by atoms with E-state index in [0.29, 0.717) is 17.4 Å². The van der Waals surface area contributed by atoms with Crippen molar-refractivity contribution in [3.8, 4) is 0 Å². The molecule has 0 radical (unpaired) electrons. The van der Waals surface area contributed by atoms with Crippen LogP contribution in [0.2, 0.25) is 0 Å². The first kappa shape index (κ1) is 13.2. The van der Waals surface area contributed by atoms with Gasteiger partial charge >= 0.3 is 6.03 Å². The topological polar surface area (TPSA) is 72.4 Å². The third kappa shape index (κ3) is 2.31. The number of aryl methyl sites for hydroxylation is 1. The predicted octanol–water partition coefficient (Wildman–Crippen LogP) is 0.138. The van der Waals surface area contributed by atoms with Crippen molar-refractivity contribution in [2.75, 3.05) is 13.2 Å². The number of urea groups is 1. The van der Waals surface area contributed by atoms with Gasteiger partial charge in [0.25, 0.3) is 5.56 Å². The Morgan fingerprint density at radius 2 is 2.10 bits per heavy atom. The van der Waals surface area contributed by atoms with Gasteiger partial charge in [0.1, 0.15) is 0 Å². The number of rotatable bonds is 3. The second kappa shape index (κ2) is 4.94. The van der Waals surface area contributed by atoms with Crippen LogP contribution in [0.4, 0.5) is 4.79 Å². The van der Waals surface area contributed by atoms with E-state index in [1.807, 2.05) is 13.0 Å². The molecule has 2 heterocycles. The van der Waals surface area contributed by atoms with Crippen LogP contribution in [0.5, 0.6) is 0 Å². The van der Waals surface area contributed by atoms with Gasteiger partial charge in [-0.3, -0.25) is 4.79 Å². The number of aromatic nitrogens is 1. The van der Waals surface area contributed by atoms with Gasteiger partial charge in [0.2, 0.25) is 0 Å². The van der Waals surface area contributed by atoms with Gasteiger partial charge in [0.15, 0.2) is 0 Å². The monoisotopic (exact) mass is 277 g/mol. The van der Waals surface area contributed by atoms with Crippen molar-refractivity contribution in [2.45, 2.75) is 19.5 Å². The Bertz CT molecular complexity index is 586. The van der Waals surface area contributed by atoms with Crippen LogP contribution in [0, 0.1) is 18.8 Å². The van der Waals surface area contributed by atoms with Crippen LogP contribution >= 0.6 is 0 Å². The number of ether oxygens (including phenoxy) is 1. The van der Waals surface area contributed by atoms with E-state index in [-0.39, 0.29) is 24.2 Å². The molecule has 1 aromatic heterocycles. The molecule has 0 bridgehead atoms. The molecule has 6 heteroatoms. The highest BCUT2D eigenvalue weighted by Gasteiger charge is 2.54. The average Bonchev–Trinajstić information content (AvgIpc) is 2.87. The predicted molar refractivity (Wildman–Crippen MR) is 73.4 cm³/mol. The largest absolute Gasteiger partial charge is 0.381 e. The van der Waals surface area contributed by atoms with Gasteiger partial charge in [-0.15, -0.1) is 0 Å². The lowest BCUT2D eigenvalue weighted by Gasteiger charge is -2.10. The van der Waals surface area contributed by atoms with Gasteiger partial charge in [0, 0.05) is 42.7 Å². The first-order valence-corrected chi connectivity index (χ1v) is 6.85. The van der Waals surface area contributed by atoms with Crippen molar-refractivity contribution in [3.63, 3.8) is 0 Å². The van der Waals surface area contributed by atoms with Crippen LogP contribution in [0.25, 0.3) is 0 Å². The maximum absolute atomic E-state index is 12.0. The van der Waals surface area contributed by atoms with E-state index in [2.05, 4.69) is 10.6 Å². The summed E-state index contributed by atoms with van der Waals surface area (Å²) in [5.41, 5.74) is 1.42. The van der Waals surface area contributed by atoms with E-state index >= 15 is 0 Å². The van der Waals surface area contributed by atoms with Crippen LogP contribution in [0.1, 0.15) is 11.3 Å². The quantitative estimate of drug-likeness (QED) is 0.825. The molecule has 1 saturated carbocycles. The summed E-state index contributed by atoms with van der Waals surface area (Å²) in [6.07, 6.45) is 0. The van der Waals surface area contributed by atoms with E-state index in [4.69, 9.17) is 4.74 Å². The zero-order valence-corrected chi connectivity index (χ0v) is 11.7. The fraction of sp³-hybridized carbons (Fsp3) is 0.571. The Kier molecular flexibility index (Phi) is 3.25. The molecule has 6 nitrogen and oxygen atoms in total. The maximum atomic E-state index is 12.0. The van der Waals surface area contributed by atoms with E-state index in [1.54, 1.807) is 17.7 Å². The number of carbonyl (C=O) groups is 1. The van der Waals surface area contributed by atoms with Crippen molar-refractivity contribution in [2.24, 2.45) is 18.9 Å². The van der Waals surface area contributed by atoms with Gasteiger partial charge in [-0.25, -0.2) is 4.79 Å². The summed E-state index contributed by atoms with van der Waals surface area (Å²) in [4.78, 5) is 23.8. The van der Waals surface area contributed by atoms with Crippen LogP contribution < -0.4 is 16.2 Å². The number of amides is 2. The zero-order valence-electron chi connectivity index (χ0n) is 11.7. The Balaban J connectivity index is 1.53. The smallest absolute Gasteiger partial charge is 0.315 e. The number of nitrogens with one attached hydrogen (secondary N) is 2. The highest BCUT2D eigenvalue weighted by Crippen LogP contribution is 2.43. The summed E-state index contributed by atoms with van der Waals surface area (Å²) in [6.45, 7) is 3.61. The van der Waals surface area contributed by atoms with Crippen LogP contribution in [0.3, 0.4) is 0 Å². The molecule has 1 aliphatic carbocycles. The lowest BCUT2D eigenvalue weighted by atomic mass is 10.2. The minimum atomic E-state index is -0.216. The molecule has 3 atom stereocenters. The minimum Gasteiger partial charge on any atom is -0.381 e. The summed E-state index contributed by atoms with van der Waals surface area (Å²) in [5, 5.41) is 5.68. The number of hydrogen-bond acceptors (Lipinski definition) is 3. The fourth-order valence-corrected chi connectivity index (χ4v) is 2.75. The van der Waals surface area contributed by atoms with Crippen molar-refractivity contribution in [1.29, 1.82) is 0 Å². The summed E-state index contributed by atoms with van der Waals surface area (Å²) < 4.78 is 6.85. The molecule has 1 saturated heterocycles. The van der Waals surface area contributed by atoms with Gasteiger partial charge in [0.05, 0.1) is 13.2 Å². The lowest BCUT2D eigenvalue weighted by Crippen LogP contribution is -2.39. The fourth-order valence-electron chi connectivity index (χ4n) is 2.75. The summed E-state index contributed by atoms with van der Waals surface area (Å²) in [7, 11) is 1.73. The molecular weight excluding hydrogens is 258 g/mol. The van der Waals surface area contributed by atoms with Crippen molar-refractivity contribution < 1.29 is 9.53 Å². The Morgan fingerprint density at radius 1 is 1.40 bits per heavy atom. The molecule has 1 unspecified atom stereocenters. The van der Waals surface area contributed by atoms with E-state index in [0.717, 1.165) is 18.9 Å². The Morgan fingerprint density at radius 3 is 2.80 bits per heavy atom. The van der Waals surface area contributed by atoms with E-state index < -0.39 is 0 Å². The second-order valence-corrected chi connectivity index (χ2v) is 5.58. The molecule has 2 amide bonds. The molecule has 1 aromatic rings. The molecule has 20 heavy (non-hydrogen) atoms. The number of nitrogens with zero attached hydrogens (tertiary/aromatic N) is 1. The van der Waals surface area contributed by atoms with E-state index in [9.17, 15) is 9.59 Å². The van der Waals surface area contributed by atoms with Gasteiger partial charge in [-0.05, 0) is 13.0 Å². The number of pyridine rings is 1. The number of hydrogen-bond donors (Lipinski definition) is 2. The third-order valence-corrected chi connectivity index (χ3v) is 4.32. The normalized spacial score (nSPS) is 27.0. The molecule has 2 aliphatic rings. The highest BCUT2D eigenvalue weighted by atomic mass is 16.5. The average molecular weight is 277 g/mol. The first-order valence-electron chi connectivity index (χ1n) is 6.85. The van der Waals surface area contributed by atoms with Crippen LogP contribution in [-0.4, -0.2) is 29.9 Å². The van der Waals surface area contributed by atoms with Crippen LogP contribution in [-0.2, 0) is 18.3 Å². The summed E-state index contributed by atoms with van der Waals surface area (Å²) >= 11 is 0. The molecule has 2 N–H and O–H groups in total. The summed E-state index contributed by atoms with van der Waals surface area (Å²) in [6, 6.07) is 3.66. The van der Waals surface area contributed by atoms with Crippen molar-refractivity contribution in [1.82, 2.24) is 15.2 Å². The standard InChI is InChI=1S/C14H19N3O3/c1-8-3-4-9(13(18)17(8)2)5-15-14(19)16-12-10-6-20-7-11(10)12/h3-4,10-12H,5-7H2,1-2H3,(H2,15,16,19)/t10-,11+,12?. The molecule has 0 aromatic carbocycles. The van der Waals surface area contributed by atoms with Crippen LogP contribution in [0.15, 0.2) is 16.9 Å². The molecule has 2 fully saturated rings. The Hall–Kier alpha value is -1.82. The molecule has 1 aliphatic heterocycles. The molecule has 0 spiro atoms. The first-order chi connectivity index (χ1) is 9.58. The summed E-state index contributed by atoms with van der Waals surface area (Å²) in [5.74, 6) is 0.959. The SMILES string of the molecule is Cc1ccc(CNC(=O)NC2[C@H]3COC[C@@H]23)c(=O)n1C. The number of carbonyl (C=O) groups excluding carboxylic acids is 1. The molecule has 3 rings (SSSR count). The molecular formula is C14H19N3O3. The van der Waals surface area contributed by atoms with Gasteiger partial charge < -0.3 is 19.9 Å². The van der Waals surface area contributed by atoms with E-state index in [1.165, 1.54) is 0 Å². The minimum absolute atomic E-state index is 0.0676. The van der Waals surface area contributed by atoms with Crippen molar-refractivity contribution in [3.05, 3.63) is 33.7 Å². The maximum Gasteiger partial charge on any atom is 0.315 e. The number of fused-ring (bicyclic) bond motifs is 1. The van der Waals surface area contributed by atoms with Gasteiger partial charge in [-0.2, -0.15) is 0 Å². The molecule has 108 valence electrons.